The molecule has 16 heavy (non-hydrogen) atoms. The van der Waals surface area contributed by atoms with Crippen molar-refractivity contribution in [2.75, 3.05) is 13.1 Å². The minimum Gasteiger partial charge on any atom is -0.329 e. The highest BCUT2D eigenvalue weighted by Gasteiger charge is 2.49. The van der Waals surface area contributed by atoms with Crippen LogP contribution in [0.2, 0.25) is 0 Å². The van der Waals surface area contributed by atoms with Gasteiger partial charge in [0, 0.05) is 12.1 Å². The Hall–Kier alpha value is -0.0800. The number of nitrogens with one attached hydrogen (secondary N) is 1. The normalized spacial score (nSPS) is 41.8. The lowest BCUT2D eigenvalue weighted by Crippen LogP contribution is -2.55. The Bertz CT molecular complexity index is 249. The van der Waals surface area contributed by atoms with Crippen molar-refractivity contribution in [3.63, 3.8) is 0 Å². The first kappa shape index (κ1) is 11.0. The van der Waals surface area contributed by atoms with Crippen molar-refractivity contribution in [2.24, 2.45) is 23.5 Å². The molecule has 3 N–H and O–H groups in total. The molecule has 0 spiro atoms. The van der Waals surface area contributed by atoms with Gasteiger partial charge in [0.1, 0.15) is 0 Å². The summed E-state index contributed by atoms with van der Waals surface area (Å²) in [6, 6.07) is 0. The van der Waals surface area contributed by atoms with E-state index in [2.05, 4.69) is 5.32 Å². The van der Waals surface area contributed by atoms with Crippen molar-refractivity contribution < 1.29 is 0 Å². The Morgan fingerprint density at radius 1 is 1.19 bits per heavy atom. The van der Waals surface area contributed by atoms with E-state index < -0.39 is 0 Å². The van der Waals surface area contributed by atoms with Crippen molar-refractivity contribution in [3.8, 4) is 0 Å². The summed E-state index contributed by atoms with van der Waals surface area (Å²) in [6.07, 6.45) is 11.5. The number of rotatable bonds is 6. The Morgan fingerprint density at radius 3 is 2.62 bits per heavy atom. The molecule has 0 radical (unpaired) electrons. The van der Waals surface area contributed by atoms with E-state index in [4.69, 9.17) is 5.73 Å². The molecule has 0 aromatic carbocycles. The third-order valence-electron chi connectivity index (χ3n) is 5.30. The van der Waals surface area contributed by atoms with Gasteiger partial charge in [0.15, 0.2) is 0 Å². The van der Waals surface area contributed by atoms with Crippen molar-refractivity contribution >= 4 is 0 Å². The van der Waals surface area contributed by atoms with Crippen LogP contribution in [0.3, 0.4) is 0 Å². The Labute approximate surface area is 99.4 Å². The van der Waals surface area contributed by atoms with Gasteiger partial charge in [-0.2, -0.15) is 0 Å². The van der Waals surface area contributed by atoms with Crippen LogP contribution in [0.25, 0.3) is 0 Å². The molecule has 3 unspecified atom stereocenters. The smallest absolute Gasteiger partial charge is 0.0335 e. The summed E-state index contributed by atoms with van der Waals surface area (Å²) in [6.45, 7) is 2.06. The minimum absolute atomic E-state index is 0.340. The molecule has 92 valence electrons. The molecule has 2 nitrogen and oxygen atoms in total. The summed E-state index contributed by atoms with van der Waals surface area (Å²) in [5.74, 6) is 2.96. The average Bonchev–Trinajstić information content (AvgIpc) is 2.92. The van der Waals surface area contributed by atoms with Gasteiger partial charge in [0.25, 0.3) is 0 Å². The molecule has 0 aromatic rings. The lowest BCUT2D eigenvalue weighted by molar-refractivity contribution is 0.215. The van der Waals surface area contributed by atoms with Crippen LogP contribution in [0.5, 0.6) is 0 Å². The van der Waals surface area contributed by atoms with Gasteiger partial charge in [-0.15, -0.1) is 0 Å². The third-order valence-corrected chi connectivity index (χ3v) is 5.30. The molecule has 3 rings (SSSR count). The molecular formula is C14H26N2. The van der Waals surface area contributed by atoms with Gasteiger partial charge >= 0.3 is 0 Å². The third kappa shape index (κ3) is 2.02. The SMILES string of the molecule is NCC1(NCCCC2CC2)CC2CCC1C2. The molecule has 0 heterocycles. The summed E-state index contributed by atoms with van der Waals surface area (Å²) in [5.41, 5.74) is 6.39. The molecule has 2 heteroatoms. The van der Waals surface area contributed by atoms with E-state index in [1.54, 1.807) is 0 Å². The fraction of sp³-hybridized carbons (Fsp3) is 1.00. The van der Waals surface area contributed by atoms with Gasteiger partial charge in [-0.25, -0.2) is 0 Å². The zero-order valence-corrected chi connectivity index (χ0v) is 10.4. The first-order valence-corrected chi connectivity index (χ1v) is 7.27. The Balaban J connectivity index is 1.46. The van der Waals surface area contributed by atoms with Crippen molar-refractivity contribution in [3.05, 3.63) is 0 Å². The van der Waals surface area contributed by atoms with E-state index in [0.29, 0.717) is 5.54 Å². The van der Waals surface area contributed by atoms with E-state index in [-0.39, 0.29) is 0 Å². The number of nitrogens with two attached hydrogens (primary N) is 1. The standard InChI is InChI=1S/C14H26N2/c15-10-14(9-12-5-6-13(14)8-12)16-7-1-2-11-3-4-11/h11-13,16H,1-10,15H2. The van der Waals surface area contributed by atoms with Gasteiger partial charge in [0.2, 0.25) is 0 Å². The highest BCUT2D eigenvalue weighted by Crippen LogP contribution is 2.50. The van der Waals surface area contributed by atoms with Gasteiger partial charge in [-0.1, -0.05) is 19.3 Å². The van der Waals surface area contributed by atoms with Crippen LogP contribution in [0.15, 0.2) is 0 Å². The van der Waals surface area contributed by atoms with Crippen molar-refractivity contribution in [1.29, 1.82) is 0 Å². The molecule has 0 aliphatic heterocycles. The number of hydrogen-bond acceptors (Lipinski definition) is 2. The number of hydrogen-bond donors (Lipinski definition) is 2. The fourth-order valence-electron chi connectivity index (χ4n) is 4.12. The molecule has 2 bridgehead atoms. The predicted molar refractivity (Wildman–Crippen MR) is 67.2 cm³/mol. The van der Waals surface area contributed by atoms with E-state index in [0.717, 1.165) is 24.3 Å². The maximum Gasteiger partial charge on any atom is 0.0335 e. The summed E-state index contributed by atoms with van der Waals surface area (Å²) in [5, 5.41) is 3.83. The van der Waals surface area contributed by atoms with Crippen LogP contribution in [0.1, 0.15) is 51.4 Å². The van der Waals surface area contributed by atoms with Gasteiger partial charge in [0.05, 0.1) is 0 Å². The predicted octanol–water partition coefficient (Wildman–Crippen LogP) is 2.28. The molecule has 0 saturated heterocycles. The summed E-state index contributed by atoms with van der Waals surface area (Å²) >= 11 is 0. The van der Waals surface area contributed by atoms with Crippen molar-refractivity contribution in [1.82, 2.24) is 5.32 Å². The summed E-state index contributed by atoms with van der Waals surface area (Å²) < 4.78 is 0. The van der Waals surface area contributed by atoms with Crippen LogP contribution in [-0.4, -0.2) is 18.6 Å². The molecular weight excluding hydrogens is 196 g/mol. The highest BCUT2D eigenvalue weighted by atomic mass is 15.0. The van der Waals surface area contributed by atoms with Crippen LogP contribution in [0.4, 0.5) is 0 Å². The lowest BCUT2D eigenvalue weighted by Gasteiger charge is -2.38. The molecule has 0 aromatic heterocycles. The second kappa shape index (κ2) is 4.30. The van der Waals surface area contributed by atoms with Gasteiger partial charge in [-0.3, -0.25) is 0 Å². The highest BCUT2D eigenvalue weighted by molar-refractivity contribution is 5.06. The number of fused-ring (bicyclic) bond motifs is 2. The molecule has 3 aliphatic rings. The molecule has 3 saturated carbocycles. The largest absolute Gasteiger partial charge is 0.329 e. The fourth-order valence-corrected chi connectivity index (χ4v) is 4.12. The second-order valence-electron chi connectivity index (χ2n) is 6.45. The Kier molecular flexibility index (Phi) is 2.97. The van der Waals surface area contributed by atoms with Crippen LogP contribution < -0.4 is 11.1 Å². The summed E-state index contributed by atoms with van der Waals surface area (Å²) in [7, 11) is 0. The van der Waals surface area contributed by atoms with Crippen LogP contribution in [-0.2, 0) is 0 Å². The molecule has 0 amide bonds. The topological polar surface area (TPSA) is 38.0 Å². The van der Waals surface area contributed by atoms with E-state index in [9.17, 15) is 0 Å². The monoisotopic (exact) mass is 222 g/mol. The van der Waals surface area contributed by atoms with Gasteiger partial charge in [-0.05, 0) is 56.4 Å². The first-order chi connectivity index (χ1) is 7.82. The maximum absolute atomic E-state index is 6.05. The summed E-state index contributed by atoms with van der Waals surface area (Å²) in [4.78, 5) is 0. The molecule has 3 atom stereocenters. The van der Waals surface area contributed by atoms with E-state index in [1.807, 2.05) is 0 Å². The zero-order chi connectivity index (χ0) is 11.0. The molecule has 3 aliphatic carbocycles. The van der Waals surface area contributed by atoms with Crippen molar-refractivity contribution in [2.45, 2.75) is 56.9 Å². The second-order valence-corrected chi connectivity index (χ2v) is 6.45. The minimum atomic E-state index is 0.340. The Morgan fingerprint density at radius 2 is 2.06 bits per heavy atom. The lowest BCUT2D eigenvalue weighted by atomic mass is 9.81. The average molecular weight is 222 g/mol. The van der Waals surface area contributed by atoms with Crippen LogP contribution >= 0.6 is 0 Å². The van der Waals surface area contributed by atoms with E-state index >= 15 is 0 Å². The molecule has 3 fully saturated rings. The van der Waals surface area contributed by atoms with E-state index in [1.165, 1.54) is 57.9 Å². The quantitative estimate of drug-likeness (QED) is 0.677. The zero-order valence-electron chi connectivity index (χ0n) is 10.4. The first-order valence-electron chi connectivity index (χ1n) is 7.27. The maximum atomic E-state index is 6.05. The van der Waals surface area contributed by atoms with Crippen LogP contribution in [0, 0.1) is 17.8 Å². The van der Waals surface area contributed by atoms with Gasteiger partial charge < -0.3 is 11.1 Å².